The fraction of sp³-hybridized carbons (Fsp3) is 0.875. The van der Waals surface area contributed by atoms with Gasteiger partial charge in [-0.1, -0.05) is 20.3 Å². The Kier molecular flexibility index (Phi) is 6.70. The second kappa shape index (κ2) is 7.06. The molecular formula is C8H17NO3. The smallest absolute Gasteiger partial charge is 0.334 e. The SMILES string of the molecule is CCCC(C)COC(=O)CON. The summed E-state index contributed by atoms with van der Waals surface area (Å²) < 4.78 is 4.85. The van der Waals surface area contributed by atoms with Crippen molar-refractivity contribution in [2.75, 3.05) is 13.2 Å². The summed E-state index contributed by atoms with van der Waals surface area (Å²) in [5, 5.41) is 0. The second-order valence-corrected chi connectivity index (χ2v) is 2.89. The van der Waals surface area contributed by atoms with Crippen LogP contribution in [0.25, 0.3) is 0 Å². The molecular weight excluding hydrogens is 158 g/mol. The minimum Gasteiger partial charge on any atom is -0.464 e. The van der Waals surface area contributed by atoms with E-state index in [1.165, 1.54) is 0 Å². The van der Waals surface area contributed by atoms with Crippen LogP contribution < -0.4 is 5.90 Å². The average Bonchev–Trinajstić information content (AvgIpc) is 2.02. The third-order valence-corrected chi connectivity index (χ3v) is 1.51. The van der Waals surface area contributed by atoms with E-state index in [-0.39, 0.29) is 6.61 Å². The molecule has 12 heavy (non-hydrogen) atoms. The van der Waals surface area contributed by atoms with E-state index in [1.807, 2.05) is 6.92 Å². The first kappa shape index (κ1) is 11.4. The monoisotopic (exact) mass is 175 g/mol. The molecule has 0 rings (SSSR count). The molecule has 1 unspecified atom stereocenters. The minimum atomic E-state index is -0.402. The van der Waals surface area contributed by atoms with Crippen molar-refractivity contribution < 1.29 is 14.4 Å². The maximum atomic E-state index is 10.7. The number of ether oxygens (including phenoxy) is 1. The molecule has 0 aliphatic heterocycles. The lowest BCUT2D eigenvalue weighted by atomic mass is 10.1. The van der Waals surface area contributed by atoms with E-state index in [1.54, 1.807) is 0 Å². The normalized spacial score (nSPS) is 12.6. The lowest BCUT2D eigenvalue weighted by molar-refractivity contribution is -0.150. The van der Waals surface area contributed by atoms with Gasteiger partial charge >= 0.3 is 5.97 Å². The first-order chi connectivity index (χ1) is 5.70. The Morgan fingerprint density at radius 1 is 1.58 bits per heavy atom. The van der Waals surface area contributed by atoms with Crippen molar-refractivity contribution in [1.82, 2.24) is 0 Å². The summed E-state index contributed by atoms with van der Waals surface area (Å²) in [6.07, 6.45) is 2.17. The molecule has 0 saturated heterocycles. The molecule has 72 valence electrons. The molecule has 0 aromatic heterocycles. The lowest BCUT2D eigenvalue weighted by Crippen LogP contribution is -2.18. The molecule has 0 aliphatic rings. The quantitative estimate of drug-likeness (QED) is 0.480. The maximum absolute atomic E-state index is 10.7. The van der Waals surface area contributed by atoms with Gasteiger partial charge in [-0.2, -0.15) is 0 Å². The number of hydrogen-bond acceptors (Lipinski definition) is 4. The van der Waals surface area contributed by atoms with Crippen molar-refractivity contribution >= 4 is 5.97 Å². The number of esters is 1. The molecule has 0 amide bonds. The number of rotatable bonds is 6. The van der Waals surface area contributed by atoms with Gasteiger partial charge < -0.3 is 4.74 Å². The van der Waals surface area contributed by atoms with Crippen LogP contribution >= 0.6 is 0 Å². The van der Waals surface area contributed by atoms with Gasteiger partial charge in [0.2, 0.25) is 0 Å². The van der Waals surface area contributed by atoms with Gasteiger partial charge in [-0.3, -0.25) is 4.84 Å². The van der Waals surface area contributed by atoms with Crippen LogP contribution in [0, 0.1) is 5.92 Å². The molecule has 0 bridgehead atoms. The summed E-state index contributed by atoms with van der Waals surface area (Å²) in [4.78, 5) is 14.8. The summed E-state index contributed by atoms with van der Waals surface area (Å²) in [5.41, 5.74) is 0. The largest absolute Gasteiger partial charge is 0.464 e. The fourth-order valence-electron chi connectivity index (χ4n) is 0.921. The molecule has 1 atom stereocenters. The molecule has 0 heterocycles. The van der Waals surface area contributed by atoms with Crippen molar-refractivity contribution in [2.45, 2.75) is 26.7 Å². The van der Waals surface area contributed by atoms with Crippen LogP contribution in [0.4, 0.5) is 0 Å². The number of carbonyl (C=O) groups is 1. The molecule has 0 aromatic rings. The molecule has 0 fully saturated rings. The highest BCUT2D eigenvalue weighted by Gasteiger charge is 2.05. The van der Waals surface area contributed by atoms with Crippen molar-refractivity contribution in [3.8, 4) is 0 Å². The first-order valence-electron chi connectivity index (χ1n) is 4.18. The summed E-state index contributed by atoms with van der Waals surface area (Å²) in [6.45, 7) is 4.43. The molecule has 4 heteroatoms. The van der Waals surface area contributed by atoms with Gasteiger partial charge in [-0.15, -0.1) is 0 Å². The van der Waals surface area contributed by atoms with Gasteiger partial charge in [0, 0.05) is 0 Å². The topological polar surface area (TPSA) is 61.5 Å². The predicted octanol–water partition coefficient (Wildman–Crippen LogP) is 0.856. The summed E-state index contributed by atoms with van der Waals surface area (Å²) >= 11 is 0. The molecule has 0 saturated carbocycles. The second-order valence-electron chi connectivity index (χ2n) is 2.89. The van der Waals surface area contributed by atoms with E-state index in [9.17, 15) is 4.79 Å². The minimum absolute atomic E-state index is 0.168. The maximum Gasteiger partial charge on any atom is 0.334 e. The molecule has 0 aromatic carbocycles. The Morgan fingerprint density at radius 2 is 2.25 bits per heavy atom. The van der Waals surface area contributed by atoms with Crippen molar-refractivity contribution in [2.24, 2.45) is 11.8 Å². The van der Waals surface area contributed by atoms with Gasteiger partial charge in [-0.05, 0) is 12.3 Å². The van der Waals surface area contributed by atoms with E-state index < -0.39 is 5.97 Å². The van der Waals surface area contributed by atoms with Gasteiger partial charge in [0.1, 0.15) is 0 Å². The van der Waals surface area contributed by atoms with E-state index in [0.717, 1.165) is 12.8 Å². The summed E-state index contributed by atoms with van der Waals surface area (Å²) in [7, 11) is 0. The number of nitrogens with two attached hydrogens (primary N) is 1. The number of hydrogen-bond donors (Lipinski definition) is 1. The van der Waals surface area contributed by atoms with E-state index in [4.69, 9.17) is 10.6 Å². The van der Waals surface area contributed by atoms with Gasteiger partial charge in [0.25, 0.3) is 0 Å². The van der Waals surface area contributed by atoms with Crippen LogP contribution in [0.3, 0.4) is 0 Å². The molecule has 0 spiro atoms. The zero-order chi connectivity index (χ0) is 9.40. The van der Waals surface area contributed by atoms with Gasteiger partial charge in [-0.25, -0.2) is 10.7 Å². The van der Waals surface area contributed by atoms with Crippen LogP contribution in [0.2, 0.25) is 0 Å². The van der Waals surface area contributed by atoms with Crippen molar-refractivity contribution in [1.29, 1.82) is 0 Å². The molecule has 2 N–H and O–H groups in total. The highest BCUT2D eigenvalue weighted by Crippen LogP contribution is 2.04. The average molecular weight is 175 g/mol. The lowest BCUT2D eigenvalue weighted by Gasteiger charge is -2.09. The molecule has 4 nitrogen and oxygen atoms in total. The fourth-order valence-corrected chi connectivity index (χ4v) is 0.921. The number of carbonyl (C=O) groups excluding carboxylic acids is 1. The first-order valence-corrected chi connectivity index (χ1v) is 4.18. The van der Waals surface area contributed by atoms with Crippen LogP contribution in [0.15, 0.2) is 0 Å². The Labute approximate surface area is 73.0 Å². The zero-order valence-corrected chi connectivity index (χ0v) is 7.71. The zero-order valence-electron chi connectivity index (χ0n) is 7.71. The van der Waals surface area contributed by atoms with E-state index in [0.29, 0.717) is 12.5 Å². The standard InChI is InChI=1S/C8H17NO3/c1-3-4-7(2)5-11-8(10)6-12-9/h7H,3-6,9H2,1-2H3. The third kappa shape index (κ3) is 6.12. The van der Waals surface area contributed by atoms with Gasteiger partial charge in [0.15, 0.2) is 6.61 Å². The molecule has 0 radical (unpaired) electrons. The van der Waals surface area contributed by atoms with E-state index in [2.05, 4.69) is 11.8 Å². The van der Waals surface area contributed by atoms with E-state index >= 15 is 0 Å². The van der Waals surface area contributed by atoms with Crippen LogP contribution in [0.5, 0.6) is 0 Å². The predicted molar refractivity (Wildman–Crippen MR) is 45.2 cm³/mol. The molecule has 0 aliphatic carbocycles. The Hall–Kier alpha value is -0.610. The van der Waals surface area contributed by atoms with Crippen molar-refractivity contribution in [3.05, 3.63) is 0 Å². The highest BCUT2D eigenvalue weighted by molar-refractivity contribution is 5.70. The highest BCUT2D eigenvalue weighted by atomic mass is 16.6. The van der Waals surface area contributed by atoms with Crippen molar-refractivity contribution in [3.63, 3.8) is 0 Å². The summed E-state index contributed by atoms with van der Waals surface area (Å²) in [6, 6.07) is 0. The third-order valence-electron chi connectivity index (χ3n) is 1.51. The van der Waals surface area contributed by atoms with Gasteiger partial charge in [0.05, 0.1) is 6.61 Å². The Bertz CT molecular complexity index is 127. The van der Waals surface area contributed by atoms with Crippen LogP contribution in [-0.4, -0.2) is 19.2 Å². The summed E-state index contributed by atoms with van der Waals surface area (Å²) in [5.74, 6) is 4.70. The Morgan fingerprint density at radius 3 is 2.75 bits per heavy atom. The van der Waals surface area contributed by atoms with Crippen LogP contribution in [-0.2, 0) is 14.4 Å². The Balaban J connectivity index is 3.33. The van der Waals surface area contributed by atoms with Crippen LogP contribution in [0.1, 0.15) is 26.7 Å².